The maximum absolute atomic E-state index is 11.7. The zero-order valence-corrected chi connectivity index (χ0v) is 9.62. The Balaban J connectivity index is 2.29. The van der Waals surface area contributed by atoms with Crippen molar-refractivity contribution in [2.45, 2.75) is 38.2 Å². The van der Waals surface area contributed by atoms with Gasteiger partial charge in [-0.1, -0.05) is 6.42 Å². The molecule has 1 saturated carbocycles. The quantitative estimate of drug-likeness (QED) is 0.501. The van der Waals surface area contributed by atoms with Crippen LogP contribution in [0.15, 0.2) is 11.6 Å². The van der Waals surface area contributed by atoms with Crippen LogP contribution in [0.2, 0.25) is 0 Å². The van der Waals surface area contributed by atoms with Gasteiger partial charge in [-0.25, -0.2) is 9.59 Å². The summed E-state index contributed by atoms with van der Waals surface area (Å²) in [6.45, 7) is 1.95. The Kier molecular flexibility index (Phi) is 2.74. The van der Waals surface area contributed by atoms with Crippen LogP contribution in [-0.2, 0) is 19.1 Å². The Bertz CT molecular complexity index is 358. The van der Waals surface area contributed by atoms with Gasteiger partial charge in [0.1, 0.15) is 5.60 Å². The lowest BCUT2D eigenvalue weighted by Gasteiger charge is -2.33. The summed E-state index contributed by atoms with van der Waals surface area (Å²) in [4.78, 5) is 22.9. The smallest absolute Gasteiger partial charge is 0.335 e. The summed E-state index contributed by atoms with van der Waals surface area (Å²) < 4.78 is 9.95. The minimum absolute atomic E-state index is 0.0489. The zero-order chi connectivity index (χ0) is 11.8. The van der Waals surface area contributed by atoms with Crippen molar-refractivity contribution >= 4 is 11.9 Å². The summed E-state index contributed by atoms with van der Waals surface area (Å²) in [5, 5.41) is 0. The molecule has 16 heavy (non-hydrogen) atoms. The third-order valence-electron chi connectivity index (χ3n) is 3.56. The third-order valence-corrected chi connectivity index (χ3v) is 3.56. The largest absolute Gasteiger partial charge is 0.466 e. The van der Waals surface area contributed by atoms with Gasteiger partial charge in [-0.15, -0.1) is 0 Å². The van der Waals surface area contributed by atoms with E-state index in [0.29, 0.717) is 5.57 Å². The second kappa shape index (κ2) is 3.92. The highest BCUT2D eigenvalue weighted by Gasteiger charge is 2.50. The second-order valence-corrected chi connectivity index (χ2v) is 4.62. The molecule has 1 saturated heterocycles. The van der Waals surface area contributed by atoms with E-state index in [2.05, 4.69) is 4.74 Å². The Morgan fingerprint density at radius 3 is 3.00 bits per heavy atom. The van der Waals surface area contributed by atoms with Crippen molar-refractivity contribution in [2.75, 3.05) is 7.11 Å². The number of carbonyl (C=O) groups is 2. The SMILES string of the molecule is COC(=O)/C=C1\C(=O)O[C@@]2(C)CCCC[C@H]12. The minimum atomic E-state index is -0.484. The molecule has 2 atom stereocenters. The molecule has 0 radical (unpaired) electrons. The predicted octanol–water partition coefficient (Wildman–Crippen LogP) is 1.59. The molecular weight excluding hydrogens is 208 g/mol. The summed E-state index contributed by atoms with van der Waals surface area (Å²) >= 11 is 0. The lowest BCUT2D eigenvalue weighted by Crippen LogP contribution is -2.35. The van der Waals surface area contributed by atoms with Crippen molar-refractivity contribution in [1.82, 2.24) is 0 Å². The number of esters is 2. The highest BCUT2D eigenvalue weighted by molar-refractivity contribution is 5.98. The molecule has 0 unspecified atom stereocenters. The molecular formula is C12H16O4. The number of methoxy groups -OCH3 is 1. The maximum Gasteiger partial charge on any atom is 0.335 e. The van der Waals surface area contributed by atoms with Crippen LogP contribution >= 0.6 is 0 Å². The van der Waals surface area contributed by atoms with E-state index in [-0.39, 0.29) is 11.9 Å². The third kappa shape index (κ3) is 1.72. The van der Waals surface area contributed by atoms with E-state index >= 15 is 0 Å². The van der Waals surface area contributed by atoms with E-state index in [9.17, 15) is 9.59 Å². The van der Waals surface area contributed by atoms with Crippen molar-refractivity contribution in [3.63, 3.8) is 0 Å². The molecule has 0 aromatic heterocycles. The van der Waals surface area contributed by atoms with Gasteiger partial charge in [-0.3, -0.25) is 0 Å². The van der Waals surface area contributed by atoms with Crippen molar-refractivity contribution in [3.8, 4) is 0 Å². The molecule has 0 spiro atoms. The summed E-state index contributed by atoms with van der Waals surface area (Å²) in [5.41, 5.74) is 0.0731. The fourth-order valence-electron chi connectivity index (χ4n) is 2.67. The fraction of sp³-hybridized carbons (Fsp3) is 0.667. The van der Waals surface area contributed by atoms with Crippen molar-refractivity contribution in [2.24, 2.45) is 5.92 Å². The first kappa shape index (κ1) is 11.2. The monoisotopic (exact) mass is 224 g/mol. The lowest BCUT2D eigenvalue weighted by atomic mass is 9.74. The molecule has 1 heterocycles. The number of ether oxygens (including phenoxy) is 2. The highest BCUT2D eigenvalue weighted by Crippen LogP contribution is 2.46. The molecule has 2 aliphatic rings. The summed E-state index contributed by atoms with van der Waals surface area (Å²) in [6, 6.07) is 0. The van der Waals surface area contributed by atoms with Gasteiger partial charge in [0.15, 0.2) is 0 Å². The Hall–Kier alpha value is -1.32. The first-order valence-corrected chi connectivity index (χ1v) is 5.60. The Morgan fingerprint density at radius 1 is 1.56 bits per heavy atom. The van der Waals surface area contributed by atoms with Gasteiger partial charge in [-0.05, 0) is 26.2 Å². The Labute approximate surface area is 94.6 Å². The Morgan fingerprint density at radius 2 is 2.31 bits per heavy atom. The summed E-state index contributed by atoms with van der Waals surface area (Å²) in [7, 11) is 1.31. The van der Waals surface area contributed by atoms with Gasteiger partial charge in [-0.2, -0.15) is 0 Å². The average molecular weight is 224 g/mol. The number of fused-ring (bicyclic) bond motifs is 1. The van der Waals surface area contributed by atoms with Gasteiger partial charge in [0.2, 0.25) is 0 Å². The number of carbonyl (C=O) groups excluding carboxylic acids is 2. The molecule has 0 amide bonds. The first-order valence-electron chi connectivity index (χ1n) is 5.60. The molecule has 0 aromatic carbocycles. The molecule has 0 bridgehead atoms. The van der Waals surface area contributed by atoms with Crippen LogP contribution in [-0.4, -0.2) is 24.6 Å². The zero-order valence-electron chi connectivity index (χ0n) is 9.62. The molecule has 4 nitrogen and oxygen atoms in total. The van der Waals surface area contributed by atoms with Crippen molar-refractivity contribution < 1.29 is 19.1 Å². The van der Waals surface area contributed by atoms with E-state index in [1.165, 1.54) is 13.2 Å². The molecule has 4 heteroatoms. The van der Waals surface area contributed by atoms with Crippen LogP contribution in [0.1, 0.15) is 32.6 Å². The fourth-order valence-corrected chi connectivity index (χ4v) is 2.67. The molecule has 2 fully saturated rings. The van der Waals surface area contributed by atoms with Gasteiger partial charge in [0, 0.05) is 12.0 Å². The van der Waals surface area contributed by atoms with E-state index in [0.717, 1.165) is 25.7 Å². The minimum Gasteiger partial charge on any atom is -0.466 e. The van der Waals surface area contributed by atoms with Gasteiger partial charge in [0.25, 0.3) is 0 Å². The van der Waals surface area contributed by atoms with E-state index in [4.69, 9.17) is 4.74 Å². The van der Waals surface area contributed by atoms with Gasteiger partial charge in [0.05, 0.1) is 12.7 Å². The van der Waals surface area contributed by atoms with Crippen LogP contribution in [0.25, 0.3) is 0 Å². The van der Waals surface area contributed by atoms with E-state index in [1.54, 1.807) is 0 Å². The van der Waals surface area contributed by atoms with Crippen LogP contribution in [0, 0.1) is 5.92 Å². The predicted molar refractivity (Wildman–Crippen MR) is 56.6 cm³/mol. The first-order chi connectivity index (χ1) is 7.57. The summed E-state index contributed by atoms with van der Waals surface area (Å²) in [5.74, 6) is -0.797. The normalized spacial score (nSPS) is 35.8. The standard InChI is InChI=1S/C12H16O4/c1-12-6-4-3-5-9(12)8(11(14)16-12)7-10(13)15-2/h7,9H,3-6H2,1-2H3/b8-7-/t9-,12+/m1/s1. The molecule has 88 valence electrons. The highest BCUT2D eigenvalue weighted by atomic mass is 16.6. The molecule has 0 aromatic rings. The number of hydrogen-bond donors (Lipinski definition) is 0. The van der Waals surface area contributed by atoms with Crippen LogP contribution in [0.3, 0.4) is 0 Å². The van der Waals surface area contributed by atoms with Gasteiger partial charge >= 0.3 is 11.9 Å². The van der Waals surface area contributed by atoms with E-state index in [1.807, 2.05) is 6.92 Å². The van der Waals surface area contributed by atoms with Gasteiger partial charge < -0.3 is 9.47 Å². The van der Waals surface area contributed by atoms with E-state index < -0.39 is 11.6 Å². The average Bonchev–Trinajstić information content (AvgIpc) is 2.50. The lowest BCUT2D eigenvalue weighted by molar-refractivity contribution is -0.148. The van der Waals surface area contributed by atoms with Crippen LogP contribution < -0.4 is 0 Å². The van der Waals surface area contributed by atoms with Crippen LogP contribution in [0.5, 0.6) is 0 Å². The number of hydrogen-bond acceptors (Lipinski definition) is 4. The molecule has 1 aliphatic carbocycles. The summed E-state index contributed by atoms with van der Waals surface area (Å²) in [6.07, 6.45) is 5.22. The van der Waals surface area contributed by atoms with Crippen LogP contribution in [0.4, 0.5) is 0 Å². The van der Waals surface area contributed by atoms with Crippen molar-refractivity contribution in [3.05, 3.63) is 11.6 Å². The number of rotatable bonds is 1. The van der Waals surface area contributed by atoms with Crippen molar-refractivity contribution in [1.29, 1.82) is 0 Å². The molecule has 0 N–H and O–H groups in total. The molecule has 1 aliphatic heterocycles. The molecule has 2 rings (SSSR count). The topological polar surface area (TPSA) is 52.6 Å². The maximum atomic E-state index is 11.7. The second-order valence-electron chi connectivity index (χ2n) is 4.62.